The fourth-order valence-corrected chi connectivity index (χ4v) is 3.69. The van der Waals surface area contributed by atoms with E-state index < -0.39 is 28.4 Å². The van der Waals surface area contributed by atoms with Gasteiger partial charge in [0.05, 0.1) is 26.8 Å². The number of carbonyl (C=O) groups excluding carboxylic acids is 2. The van der Waals surface area contributed by atoms with Crippen LogP contribution in [0.1, 0.15) is 20.7 Å². The van der Waals surface area contributed by atoms with E-state index in [2.05, 4.69) is 5.32 Å². The first-order chi connectivity index (χ1) is 17.6. The van der Waals surface area contributed by atoms with Crippen molar-refractivity contribution in [2.45, 2.75) is 0 Å². The molecule has 4 aromatic carbocycles. The molecule has 0 aliphatic heterocycles. The molecule has 4 rings (SSSR count). The van der Waals surface area contributed by atoms with Gasteiger partial charge in [0.2, 0.25) is 0 Å². The summed E-state index contributed by atoms with van der Waals surface area (Å²) in [6, 6.07) is 16.0. The maximum absolute atomic E-state index is 14.4. The van der Waals surface area contributed by atoms with Crippen molar-refractivity contribution in [3.8, 4) is 16.9 Å². The molecule has 1 amide bonds. The molecule has 11 heteroatoms. The highest BCUT2D eigenvalue weighted by atomic mass is 35.5. The second-order valence-corrected chi connectivity index (χ2v) is 8.45. The van der Waals surface area contributed by atoms with E-state index in [1.165, 1.54) is 54.6 Å². The first-order valence-electron chi connectivity index (χ1n) is 10.4. The number of ether oxygens (including phenoxy) is 1. The van der Waals surface area contributed by atoms with Gasteiger partial charge in [-0.2, -0.15) is 0 Å². The zero-order chi connectivity index (χ0) is 26.7. The molecule has 0 aliphatic carbocycles. The number of hydrogen-bond donors (Lipinski definition) is 1. The number of nitrogens with zero attached hydrogens (tertiary/aromatic N) is 1. The van der Waals surface area contributed by atoms with Crippen LogP contribution < -0.4 is 10.1 Å². The van der Waals surface area contributed by atoms with Crippen LogP contribution in [-0.4, -0.2) is 16.8 Å². The highest BCUT2D eigenvalue weighted by Gasteiger charge is 2.20. The molecule has 0 aliphatic rings. The third-order valence-electron chi connectivity index (χ3n) is 5.16. The number of nitro groups is 1. The summed E-state index contributed by atoms with van der Waals surface area (Å²) < 4.78 is 33.2. The van der Waals surface area contributed by atoms with Crippen molar-refractivity contribution in [3.63, 3.8) is 0 Å². The average Bonchev–Trinajstić information content (AvgIpc) is 2.86. The molecule has 0 radical (unpaired) electrons. The van der Waals surface area contributed by atoms with Gasteiger partial charge >= 0.3 is 5.97 Å². The first-order valence-corrected chi connectivity index (χ1v) is 11.2. The van der Waals surface area contributed by atoms with E-state index in [0.717, 1.165) is 18.2 Å². The number of non-ortho nitro benzene ring substituents is 1. The Bertz CT molecular complexity index is 1540. The van der Waals surface area contributed by atoms with Crippen LogP contribution in [0.2, 0.25) is 10.0 Å². The third-order valence-corrected chi connectivity index (χ3v) is 5.72. The minimum atomic E-state index is -0.898. The number of benzene rings is 4. The van der Waals surface area contributed by atoms with Gasteiger partial charge in [0.15, 0.2) is 0 Å². The first kappa shape index (κ1) is 25.7. The third kappa shape index (κ3) is 5.91. The Morgan fingerprint density at radius 3 is 2.30 bits per heavy atom. The van der Waals surface area contributed by atoms with E-state index in [4.69, 9.17) is 27.9 Å². The Kier molecular flexibility index (Phi) is 7.47. The molecule has 1 N–H and O–H groups in total. The number of nitrogens with one attached hydrogen (secondary N) is 1. The SMILES string of the molecule is O=C(Oc1ccc(-c2ccc(F)cc2F)cc1C(=O)Nc1cc(Cl)ccc1Cl)c1ccc([N+](=O)[O-])cc1. The molecule has 0 bridgehead atoms. The molecule has 0 spiro atoms. The number of amides is 1. The summed E-state index contributed by atoms with van der Waals surface area (Å²) in [6.45, 7) is 0. The molecule has 0 aromatic heterocycles. The van der Waals surface area contributed by atoms with Gasteiger partial charge in [-0.1, -0.05) is 29.3 Å². The lowest BCUT2D eigenvalue weighted by Crippen LogP contribution is -2.16. The van der Waals surface area contributed by atoms with Crippen molar-refractivity contribution >= 4 is 46.5 Å². The van der Waals surface area contributed by atoms with E-state index in [9.17, 15) is 28.5 Å². The number of hydrogen-bond acceptors (Lipinski definition) is 5. The minimum absolute atomic E-state index is 0.00415. The molecule has 0 atom stereocenters. The number of anilines is 1. The van der Waals surface area contributed by atoms with Gasteiger partial charge in [0.1, 0.15) is 17.4 Å². The van der Waals surface area contributed by atoms with Crippen LogP contribution >= 0.6 is 23.2 Å². The van der Waals surface area contributed by atoms with Gasteiger partial charge in [0, 0.05) is 28.8 Å². The average molecular weight is 543 g/mol. The molecule has 7 nitrogen and oxygen atoms in total. The predicted octanol–water partition coefficient (Wildman–Crippen LogP) is 7.32. The lowest BCUT2D eigenvalue weighted by molar-refractivity contribution is -0.384. The molecule has 4 aromatic rings. The Morgan fingerprint density at radius 1 is 0.892 bits per heavy atom. The second kappa shape index (κ2) is 10.7. The van der Waals surface area contributed by atoms with Gasteiger partial charge in [-0.25, -0.2) is 13.6 Å². The predicted molar refractivity (Wildman–Crippen MR) is 134 cm³/mol. The van der Waals surface area contributed by atoms with Gasteiger partial charge in [-0.3, -0.25) is 14.9 Å². The Balaban J connectivity index is 1.72. The van der Waals surface area contributed by atoms with E-state index >= 15 is 0 Å². The van der Waals surface area contributed by atoms with Gasteiger partial charge in [0.25, 0.3) is 11.6 Å². The monoisotopic (exact) mass is 542 g/mol. The standard InChI is InChI=1S/C26H14Cl2F2N2O5/c27-16-4-9-21(28)23(12-16)31-25(33)20-11-15(19-8-5-17(29)13-22(19)30)3-10-24(20)37-26(34)14-1-6-18(7-2-14)32(35)36/h1-13H,(H,31,33). The molecule has 0 unspecified atom stereocenters. The van der Waals surface area contributed by atoms with Crippen LogP contribution in [0.4, 0.5) is 20.2 Å². The highest BCUT2D eigenvalue weighted by Crippen LogP contribution is 2.32. The van der Waals surface area contributed by atoms with E-state index in [0.29, 0.717) is 11.1 Å². The Hall–Kier alpha value is -4.34. The van der Waals surface area contributed by atoms with E-state index in [-0.39, 0.29) is 44.4 Å². The number of nitro benzene ring substituents is 1. The molecule has 0 fully saturated rings. The number of carbonyl (C=O) groups is 2. The summed E-state index contributed by atoms with van der Waals surface area (Å²) in [5, 5.41) is 13.9. The van der Waals surface area contributed by atoms with Crippen molar-refractivity contribution < 1.29 is 28.0 Å². The van der Waals surface area contributed by atoms with E-state index in [1.54, 1.807) is 0 Å². The Morgan fingerprint density at radius 2 is 1.62 bits per heavy atom. The fraction of sp³-hybridized carbons (Fsp3) is 0. The van der Waals surface area contributed by atoms with Crippen LogP contribution in [0.15, 0.2) is 78.9 Å². The van der Waals surface area contributed by atoms with Gasteiger partial charge in [-0.15, -0.1) is 0 Å². The van der Waals surface area contributed by atoms with Crippen molar-refractivity contribution in [2.75, 3.05) is 5.32 Å². The number of halogens is 4. The van der Waals surface area contributed by atoms with Crippen LogP contribution in [0.25, 0.3) is 11.1 Å². The zero-order valence-electron chi connectivity index (χ0n) is 18.5. The summed E-state index contributed by atoms with van der Waals surface area (Å²) in [4.78, 5) is 36.2. The van der Waals surface area contributed by atoms with Crippen LogP contribution in [0.3, 0.4) is 0 Å². The summed E-state index contributed by atoms with van der Waals surface area (Å²) in [7, 11) is 0. The van der Waals surface area contributed by atoms with Crippen molar-refractivity contribution in [2.24, 2.45) is 0 Å². The van der Waals surface area contributed by atoms with Gasteiger partial charge in [-0.05, 0) is 60.2 Å². The van der Waals surface area contributed by atoms with Crippen molar-refractivity contribution in [1.82, 2.24) is 0 Å². The minimum Gasteiger partial charge on any atom is -0.422 e. The molecule has 0 saturated carbocycles. The maximum Gasteiger partial charge on any atom is 0.343 e. The molecule has 0 saturated heterocycles. The second-order valence-electron chi connectivity index (χ2n) is 7.61. The Labute approximate surface area is 218 Å². The van der Waals surface area contributed by atoms with Crippen molar-refractivity contribution in [3.05, 3.63) is 122 Å². The quantitative estimate of drug-likeness (QED) is 0.119. The number of esters is 1. The highest BCUT2D eigenvalue weighted by molar-refractivity contribution is 6.36. The topological polar surface area (TPSA) is 98.5 Å². The van der Waals surface area contributed by atoms with Crippen LogP contribution in [0.5, 0.6) is 5.75 Å². The van der Waals surface area contributed by atoms with Crippen LogP contribution in [0, 0.1) is 21.7 Å². The number of rotatable bonds is 6. The zero-order valence-corrected chi connectivity index (χ0v) is 20.0. The summed E-state index contributed by atoms with van der Waals surface area (Å²) in [6.07, 6.45) is 0. The summed E-state index contributed by atoms with van der Waals surface area (Å²) in [5.74, 6) is -3.49. The normalized spacial score (nSPS) is 10.6. The molecule has 37 heavy (non-hydrogen) atoms. The fourth-order valence-electron chi connectivity index (χ4n) is 3.35. The maximum atomic E-state index is 14.4. The van der Waals surface area contributed by atoms with Gasteiger partial charge < -0.3 is 10.1 Å². The summed E-state index contributed by atoms with van der Waals surface area (Å²) >= 11 is 12.1. The summed E-state index contributed by atoms with van der Waals surface area (Å²) in [5.41, 5.74) is -0.0265. The smallest absolute Gasteiger partial charge is 0.343 e. The van der Waals surface area contributed by atoms with Crippen molar-refractivity contribution in [1.29, 1.82) is 0 Å². The molecular weight excluding hydrogens is 529 g/mol. The van der Waals surface area contributed by atoms with E-state index in [1.807, 2.05) is 0 Å². The van der Waals surface area contributed by atoms with Crippen LogP contribution in [-0.2, 0) is 0 Å². The molecular formula is C26H14Cl2F2N2O5. The lowest BCUT2D eigenvalue weighted by atomic mass is 10.0. The largest absolute Gasteiger partial charge is 0.422 e. The lowest BCUT2D eigenvalue weighted by Gasteiger charge is -2.14. The molecule has 186 valence electrons. The molecule has 0 heterocycles.